The molecule has 1 saturated carbocycles. The van der Waals surface area contributed by atoms with Gasteiger partial charge in [0.15, 0.2) is 5.82 Å². The van der Waals surface area contributed by atoms with Crippen LogP contribution in [0.4, 0.5) is 5.82 Å². The number of benzene rings is 1. The van der Waals surface area contributed by atoms with Crippen molar-refractivity contribution < 1.29 is 0 Å². The summed E-state index contributed by atoms with van der Waals surface area (Å²) in [5.41, 5.74) is 3.00. The summed E-state index contributed by atoms with van der Waals surface area (Å²) in [6, 6.07) is 8.74. The van der Waals surface area contributed by atoms with Crippen LogP contribution >= 0.6 is 15.9 Å². The molecule has 3 rings (SSSR count). The summed E-state index contributed by atoms with van der Waals surface area (Å²) >= 11 is 3.55. The molecule has 0 bridgehead atoms. The molecule has 1 aromatic carbocycles. The van der Waals surface area contributed by atoms with Gasteiger partial charge in [0.2, 0.25) is 0 Å². The lowest BCUT2D eigenvalue weighted by atomic mass is 9.91. The van der Waals surface area contributed by atoms with E-state index in [1.165, 1.54) is 19.3 Å². The minimum absolute atomic E-state index is 0.645. The second-order valence-electron chi connectivity index (χ2n) is 5.09. The normalized spacial score (nSPS) is 15.5. The number of rotatable bonds is 4. The minimum Gasteiger partial charge on any atom is -0.351 e. The zero-order chi connectivity index (χ0) is 13.2. The average molecular weight is 320 g/mol. The van der Waals surface area contributed by atoms with Crippen molar-refractivity contribution in [2.75, 3.05) is 16.8 Å². The van der Waals surface area contributed by atoms with Crippen molar-refractivity contribution in [1.29, 1.82) is 0 Å². The molecule has 0 atom stereocenters. The Labute approximate surface area is 122 Å². The van der Waals surface area contributed by atoms with Crippen LogP contribution in [-0.4, -0.2) is 27.9 Å². The summed E-state index contributed by atoms with van der Waals surface area (Å²) in [7, 11) is 0. The topological polar surface area (TPSA) is 29.0 Å². The molecule has 2 aromatic rings. The highest BCUT2D eigenvalue weighted by Crippen LogP contribution is 2.30. The predicted molar refractivity (Wildman–Crippen MR) is 83.1 cm³/mol. The first-order chi connectivity index (χ1) is 9.29. The summed E-state index contributed by atoms with van der Waals surface area (Å²) in [5, 5.41) is 0.970. The Bertz CT molecular complexity index is 581. The van der Waals surface area contributed by atoms with E-state index in [4.69, 9.17) is 9.97 Å². The molecule has 0 spiro atoms. The van der Waals surface area contributed by atoms with Crippen molar-refractivity contribution in [3.8, 4) is 0 Å². The van der Waals surface area contributed by atoms with Gasteiger partial charge >= 0.3 is 0 Å². The first-order valence-corrected chi connectivity index (χ1v) is 7.98. The van der Waals surface area contributed by atoms with Gasteiger partial charge in [0.05, 0.1) is 16.7 Å². The van der Waals surface area contributed by atoms with Crippen LogP contribution in [0.2, 0.25) is 0 Å². The van der Waals surface area contributed by atoms with E-state index in [-0.39, 0.29) is 0 Å². The lowest BCUT2D eigenvalue weighted by Gasteiger charge is -2.38. The zero-order valence-electron chi connectivity index (χ0n) is 11.1. The Morgan fingerprint density at radius 1 is 1.21 bits per heavy atom. The average Bonchev–Trinajstić information content (AvgIpc) is 2.35. The van der Waals surface area contributed by atoms with Gasteiger partial charge in [-0.1, -0.05) is 28.1 Å². The molecule has 0 amide bonds. The van der Waals surface area contributed by atoms with Gasteiger partial charge in [-0.25, -0.2) is 9.97 Å². The SMILES string of the molecule is Cc1nc2ccccc2nc1N(CCBr)C1CCC1. The van der Waals surface area contributed by atoms with E-state index in [0.29, 0.717) is 6.04 Å². The Kier molecular flexibility index (Phi) is 3.69. The van der Waals surface area contributed by atoms with Crippen molar-refractivity contribution in [2.24, 2.45) is 0 Å². The van der Waals surface area contributed by atoms with E-state index in [0.717, 1.165) is 34.4 Å². The van der Waals surface area contributed by atoms with Gasteiger partial charge in [-0.05, 0) is 38.3 Å². The first-order valence-electron chi connectivity index (χ1n) is 6.85. The van der Waals surface area contributed by atoms with Crippen LogP contribution in [0.3, 0.4) is 0 Å². The smallest absolute Gasteiger partial charge is 0.151 e. The molecule has 19 heavy (non-hydrogen) atoms. The molecule has 0 radical (unpaired) electrons. The van der Waals surface area contributed by atoms with Gasteiger partial charge < -0.3 is 4.90 Å². The van der Waals surface area contributed by atoms with Crippen LogP contribution in [0.25, 0.3) is 11.0 Å². The second-order valence-corrected chi connectivity index (χ2v) is 5.88. The number of fused-ring (bicyclic) bond motifs is 1. The predicted octanol–water partition coefficient (Wildman–Crippen LogP) is 3.69. The number of alkyl halides is 1. The third-order valence-electron chi connectivity index (χ3n) is 3.83. The van der Waals surface area contributed by atoms with Crippen LogP contribution in [-0.2, 0) is 0 Å². The first kappa shape index (κ1) is 12.9. The Hall–Kier alpha value is -1.16. The fourth-order valence-corrected chi connectivity index (χ4v) is 2.98. The highest BCUT2D eigenvalue weighted by Gasteiger charge is 2.27. The van der Waals surface area contributed by atoms with Crippen molar-refractivity contribution >= 4 is 32.8 Å². The molecule has 3 nitrogen and oxygen atoms in total. The molecule has 1 heterocycles. The molecule has 100 valence electrons. The number of anilines is 1. The maximum Gasteiger partial charge on any atom is 0.151 e. The number of halogens is 1. The van der Waals surface area contributed by atoms with E-state index in [9.17, 15) is 0 Å². The third kappa shape index (κ3) is 2.46. The summed E-state index contributed by atoms with van der Waals surface area (Å²) < 4.78 is 0. The molecule has 0 unspecified atom stereocenters. The van der Waals surface area contributed by atoms with E-state index in [1.807, 2.05) is 24.3 Å². The third-order valence-corrected chi connectivity index (χ3v) is 4.19. The molecule has 4 heteroatoms. The Morgan fingerprint density at radius 2 is 1.89 bits per heavy atom. The van der Waals surface area contributed by atoms with Crippen LogP contribution < -0.4 is 4.90 Å². The molecular formula is C15H18BrN3. The van der Waals surface area contributed by atoms with E-state index in [2.05, 4.69) is 27.8 Å². The van der Waals surface area contributed by atoms with E-state index < -0.39 is 0 Å². The standard InChI is InChI=1S/C15H18BrN3/c1-11-15(19(10-9-16)12-5-4-6-12)18-14-8-3-2-7-13(14)17-11/h2-3,7-8,12H,4-6,9-10H2,1H3. The number of aryl methyl sites for hydroxylation is 1. The number of para-hydroxylation sites is 2. The van der Waals surface area contributed by atoms with Gasteiger partial charge in [-0.3, -0.25) is 0 Å². The maximum absolute atomic E-state index is 4.84. The molecule has 1 aliphatic rings. The van der Waals surface area contributed by atoms with Crippen molar-refractivity contribution in [3.05, 3.63) is 30.0 Å². The quantitative estimate of drug-likeness (QED) is 0.805. The van der Waals surface area contributed by atoms with Crippen molar-refractivity contribution in [1.82, 2.24) is 9.97 Å². The lowest BCUT2D eigenvalue weighted by Crippen LogP contribution is -2.42. The van der Waals surface area contributed by atoms with Gasteiger partial charge in [-0.2, -0.15) is 0 Å². The zero-order valence-corrected chi connectivity index (χ0v) is 12.7. The van der Waals surface area contributed by atoms with E-state index in [1.54, 1.807) is 0 Å². The number of hydrogen-bond donors (Lipinski definition) is 0. The molecule has 1 fully saturated rings. The number of hydrogen-bond acceptors (Lipinski definition) is 3. The monoisotopic (exact) mass is 319 g/mol. The number of aromatic nitrogens is 2. The van der Waals surface area contributed by atoms with Crippen molar-refractivity contribution in [3.63, 3.8) is 0 Å². The van der Waals surface area contributed by atoms with Gasteiger partial charge in [0.25, 0.3) is 0 Å². The summed E-state index contributed by atoms with van der Waals surface area (Å²) in [5.74, 6) is 1.06. The van der Waals surface area contributed by atoms with Crippen LogP contribution in [0.1, 0.15) is 25.0 Å². The van der Waals surface area contributed by atoms with Crippen molar-refractivity contribution in [2.45, 2.75) is 32.2 Å². The van der Waals surface area contributed by atoms with Crippen LogP contribution in [0.15, 0.2) is 24.3 Å². The second kappa shape index (κ2) is 5.45. The van der Waals surface area contributed by atoms with Gasteiger partial charge in [0, 0.05) is 17.9 Å². The van der Waals surface area contributed by atoms with E-state index >= 15 is 0 Å². The largest absolute Gasteiger partial charge is 0.351 e. The van der Waals surface area contributed by atoms with Crippen LogP contribution in [0, 0.1) is 6.92 Å². The molecule has 0 aliphatic heterocycles. The minimum atomic E-state index is 0.645. The summed E-state index contributed by atoms with van der Waals surface area (Å²) in [4.78, 5) is 12.0. The highest BCUT2D eigenvalue weighted by atomic mass is 79.9. The Morgan fingerprint density at radius 3 is 2.47 bits per heavy atom. The molecule has 1 aliphatic carbocycles. The van der Waals surface area contributed by atoms with Gasteiger partial charge in [0.1, 0.15) is 0 Å². The summed E-state index contributed by atoms with van der Waals surface area (Å²) in [6.07, 6.45) is 3.89. The molecular weight excluding hydrogens is 302 g/mol. The lowest BCUT2D eigenvalue weighted by molar-refractivity contribution is 0.388. The maximum atomic E-state index is 4.84. The highest BCUT2D eigenvalue weighted by molar-refractivity contribution is 9.09. The summed E-state index contributed by atoms with van der Waals surface area (Å²) in [6.45, 7) is 3.06. The Balaban J connectivity index is 2.03. The fourth-order valence-electron chi connectivity index (χ4n) is 2.60. The number of nitrogens with zero attached hydrogens (tertiary/aromatic N) is 3. The molecule has 0 N–H and O–H groups in total. The van der Waals surface area contributed by atoms with Crippen LogP contribution in [0.5, 0.6) is 0 Å². The molecule has 0 saturated heterocycles. The van der Waals surface area contributed by atoms with Gasteiger partial charge in [-0.15, -0.1) is 0 Å². The molecule has 1 aromatic heterocycles. The fraction of sp³-hybridized carbons (Fsp3) is 0.467.